The Labute approximate surface area is 117 Å². The molecule has 1 heterocycles. The summed E-state index contributed by atoms with van der Waals surface area (Å²) < 4.78 is 0. The molecule has 1 N–H and O–H groups in total. The summed E-state index contributed by atoms with van der Waals surface area (Å²) in [5.41, 5.74) is 2.41. The van der Waals surface area contributed by atoms with Gasteiger partial charge in [-0.15, -0.1) is 13.2 Å². The quantitative estimate of drug-likeness (QED) is 0.691. The van der Waals surface area contributed by atoms with E-state index in [1.165, 1.54) is 11.3 Å². The van der Waals surface area contributed by atoms with E-state index in [9.17, 15) is 0 Å². The van der Waals surface area contributed by atoms with E-state index in [0.717, 1.165) is 26.2 Å². The van der Waals surface area contributed by atoms with E-state index in [0.29, 0.717) is 5.92 Å². The second-order valence-corrected chi connectivity index (χ2v) is 5.01. The van der Waals surface area contributed by atoms with Crippen LogP contribution in [0, 0.1) is 5.92 Å². The van der Waals surface area contributed by atoms with Crippen molar-refractivity contribution in [3.63, 3.8) is 0 Å². The third-order valence-electron chi connectivity index (χ3n) is 2.79. The normalized spacial score (nSPS) is 10.5. The van der Waals surface area contributed by atoms with Crippen molar-refractivity contribution in [1.29, 1.82) is 0 Å². The summed E-state index contributed by atoms with van der Waals surface area (Å²) in [6, 6.07) is 2.05. The van der Waals surface area contributed by atoms with Crippen molar-refractivity contribution in [3.8, 4) is 0 Å². The molecule has 0 aromatic carbocycles. The van der Waals surface area contributed by atoms with Crippen LogP contribution in [0.4, 0.5) is 5.69 Å². The maximum atomic E-state index is 4.23. The van der Waals surface area contributed by atoms with Crippen molar-refractivity contribution in [2.24, 2.45) is 5.92 Å². The zero-order chi connectivity index (χ0) is 14.1. The number of nitrogens with zero attached hydrogens (tertiary/aromatic N) is 2. The SMILES string of the molecule is C=CCN(CC=C)c1ccncc1CNCC(C)C. The number of aromatic nitrogens is 1. The van der Waals surface area contributed by atoms with Gasteiger partial charge >= 0.3 is 0 Å². The van der Waals surface area contributed by atoms with Gasteiger partial charge in [-0.2, -0.15) is 0 Å². The maximum absolute atomic E-state index is 4.23. The number of hydrogen-bond donors (Lipinski definition) is 1. The summed E-state index contributed by atoms with van der Waals surface area (Å²) in [6.45, 7) is 15.5. The van der Waals surface area contributed by atoms with Crippen LogP contribution < -0.4 is 10.2 Å². The molecule has 0 unspecified atom stereocenters. The summed E-state index contributed by atoms with van der Waals surface area (Å²) >= 11 is 0. The van der Waals surface area contributed by atoms with E-state index < -0.39 is 0 Å². The molecule has 0 aliphatic rings. The monoisotopic (exact) mass is 259 g/mol. The third-order valence-corrected chi connectivity index (χ3v) is 2.79. The van der Waals surface area contributed by atoms with E-state index in [-0.39, 0.29) is 0 Å². The zero-order valence-electron chi connectivity index (χ0n) is 12.1. The molecule has 0 saturated carbocycles. The molecule has 19 heavy (non-hydrogen) atoms. The highest BCUT2D eigenvalue weighted by molar-refractivity contribution is 5.53. The van der Waals surface area contributed by atoms with Crippen molar-refractivity contribution in [3.05, 3.63) is 49.3 Å². The molecule has 0 atom stereocenters. The molecule has 0 aliphatic carbocycles. The molecular weight excluding hydrogens is 234 g/mol. The highest BCUT2D eigenvalue weighted by Crippen LogP contribution is 2.19. The molecule has 0 bridgehead atoms. The summed E-state index contributed by atoms with van der Waals surface area (Å²) in [4.78, 5) is 6.47. The Hall–Kier alpha value is -1.61. The van der Waals surface area contributed by atoms with Crippen molar-refractivity contribution in [2.45, 2.75) is 20.4 Å². The van der Waals surface area contributed by atoms with Gasteiger partial charge in [0.1, 0.15) is 0 Å². The van der Waals surface area contributed by atoms with E-state index in [2.05, 4.69) is 48.3 Å². The molecule has 3 nitrogen and oxygen atoms in total. The minimum absolute atomic E-state index is 0.651. The van der Waals surface area contributed by atoms with Gasteiger partial charge in [0.15, 0.2) is 0 Å². The Morgan fingerprint density at radius 1 is 1.32 bits per heavy atom. The lowest BCUT2D eigenvalue weighted by molar-refractivity contribution is 0.551. The zero-order valence-corrected chi connectivity index (χ0v) is 12.1. The van der Waals surface area contributed by atoms with Crippen LogP contribution in [0.15, 0.2) is 43.8 Å². The van der Waals surface area contributed by atoms with Gasteiger partial charge in [-0.25, -0.2) is 0 Å². The second kappa shape index (κ2) is 8.48. The summed E-state index contributed by atoms with van der Waals surface area (Å²) in [5.74, 6) is 0.651. The van der Waals surface area contributed by atoms with Crippen LogP contribution in [0.25, 0.3) is 0 Å². The van der Waals surface area contributed by atoms with Gasteiger partial charge < -0.3 is 10.2 Å². The molecule has 0 radical (unpaired) electrons. The first-order valence-electron chi connectivity index (χ1n) is 6.79. The lowest BCUT2D eigenvalue weighted by atomic mass is 10.2. The minimum Gasteiger partial charge on any atom is -0.364 e. The van der Waals surface area contributed by atoms with Crippen molar-refractivity contribution >= 4 is 5.69 Å². The average molecular weight is 259 g/mol. The number of pyridine rings is 1. The van der Waals surface area contributed by atoms with Crippen LogP contribution in [0.3, 0.4) is 0 Å². The summed E-state index contributed by atoms with van der Waals surface area (Å²) in [5, 5.41) is 3.46. The molecule has 0 aliphatic heterocycles. The molecule has 3 heteroatoms. The fourth-order valence-electron chi connectivity index (χ4n) is 1.94. The first-order chi connectivity index (χ1) is 9.19. The summed E-state index contributed by atoms with van der Waals surface area (Å²) in [6.07, 6.45) is 7.59. The molecular formula is C16H25N3. The second-order valence-electron chi connectivity index (χ2n) is 5.01. The van der Waals surface area contributed by atoms with E-state index in [1.54, 1.807) is 0 Å². The fraction of sp³-hybridized carbons (Fsp3) is 0.438. The van der Waals surface area contributed by atoms with Gasteiger partial charge in [0, 0.05) is 43.3 Å². The lowest BCUT2D eigenvalue weighted by Crippen LogP contribution is -2.26. The minimum atomic E-state index is 0.651. The average Bonchev–Trinajstić information content (AvgIpc) is 2.39. The molecule has 1 rings (SSSR count). The molecule has 0 saturated heterocycles. The molecule has 104 valence electrons. The predicted molar refractivity (Wildman–Crippen MR) is 83.4 cm³/mol. The smallest absolute Gasteiger partial charge is 0.0448 e. The first kappa shape index (κ1) is 15.4. The van der Waals surface area contributed by atoms with Gasteiger partial charge in [-0.1, -0.05) is 26.0 Å². The van der Waals surface area contributed by atoms with Gasteiger partial charge in [-0.05, 0) is 18.5 Å². The van der Waals surface area contributed by atoms with Crippen LogP contribution in [0.2, 0.25) is 0 Å². The van der Waals surface area contributed by atoms with Crippen LogP contribution in [-0.4, -0.2) is 24.6 Å². The molecule has 0 spiro atoms. The maximum Gasteiger partial charge on any atom is 0.0448 e. The molecule has 0 amide bonds. The van der Waals surface area contributed by atoms with Gasteiger partial charge in [0.2, 0.25) is 0 Å². The molecule has 1 aromatic rings. The van der Waals surface area contributed by atoms with Gasteiger partial charge in [0.25, 0.3) is 0 Å². The largest absolute Gasteiger partial charge is 0.364 e. The fourth-order valence-corrected chi connectivity index (χ4v) is 1.94. The van der Waals surface area contributed by atoms with E-state index >= 15 is 0 Å². The van der Waals surface area contributed by atoms with Crippen LogP contribution in [0.5, 0.6) is 0 Å². The Bertz CT molecular complexity index is 389. The summed E-state index contributed by atoms with van der Waals surface area (Å²) in [7, 11) is 0. The van der Waals surface area contributed by atoms with E-state index in [1.807, 2.05) is 24.5 Å². The molecule has 1 aromatic heterocycles. The van der Waals surface area contributed by atoms with Crippen molar-refractivity contribution in [2.75, 3.05) is 24.5 Å². The number of rotatable bonds is 9. The predicted octanol–water partition coefficient (Wildman–Crippen LogP) is 3.01. The van der Waals surface area contributed by atoms with E-state index in [4.69, 9.17) is 0 Å². The van der Waals surface area contributed by atoms with Crippen LogP contribution in [0.1, 0.15) is 19.4 Å². The van der Waals surface area contributed by atoms with Gasteiger partial charge in [-0.3, -0.25) is 4.98 Å². The third kappa shape index (κ3) is 5.26. The Morgan fingerprint density at radius 2 is 2.00 bits per heavy atom. The van der Waals surface area contributed by atoms with Crippen molar-refractivity contribution < 1.29 is 0 Å². The highest BCUT2D eigenvalue weighted by atomic mass is 15.1. The van der Waals surface area contributed by atoms with Crippen LogP contribution in [-0.2, 0) is 6.54 Å². The highest BCUT2D eigenvalue weighted by Gasteiger charge is 2.08. The van der Waals surface area contributed by atoms with Gasteiger partial charge in [0.05, 0.1) is 0 Å². The topological polar surface area (TPSA) is 28.2 Å². The number of hydrogen-bond acceptors (Lipinski definition) is 3. The first-order valence-corrected chi connectivity index (χ1v) is 6.79. The van der Waals surface area contributed by atoms with Crippen LogP contribution >= 0.6 is 0 Å². The molecule has 0 fully saturated rings. The number of nitrogens with one attached hydrogen (secondary N) is 1. The Kier molecular flexibility index (Phi) is 6.90. The number of anilines is 1. The van der Waals surface area contributed by atoms with Crippen molar-refractivity contribution in [1.82, 2.24) is 10.3 Å². The standard InChI is InChI=1S/C16H25N3/c1-5-9-19(10-6-2)16-7-8-17-12-15(16)13-18-11-14(3)4/h5-8,12,14,18H,1-2,9-11,13H2,3-4H3. The Morgan fingerprint density at radius 3 is 2.58 bits per heavy atom. The lowest BCUT2D eigenvalue weighted by Gasteiger charge is -2.24. The Balaban J connectivity index is 2.80.